The van der Waals surface area contributed by atoms with E-state index in [1.54, 1.807) is 0 Å². The molecule has 0 bridgehead atoms. The Morgan fingerprint density at radius 3 is 2.79 bits per heavy atom. The van der Waals surface area contributed by atoms with E-state index in [1.807, 2.05) is 30.4 Å². The number of nitrogens with zero attached hydrogens (tertiary/aromatic N) is 5. The highest BCUT2D eigenvalue weighted by molar-refractivity contribution is 5.88. The fourth-order valence-corrected chi connectivity index (χ4v) is 4.05. The number of amides is 1. The molecule has 0 radical (unpaired) electrons. The summed E-state index contributed by atoms with van der Waals surface area (Å²) in [5.74, 6) is 1.33. The lowest BCUT2D eigenvalue weighted by atomic mass is 9.90. The van der Waals surface area contributed by atoms with Gasteiger partial charge in [0.25, 0.3) is 0 Å². The zero-order chi connectivity index (χ0) is 17.3. The van der Waals surface area contributed by atoms with Crippen molar-refractivity contribution in [1.82, 2.24) is 24.3 Å². The summed E-state index contributed by atoms with van der Waals surface area (Å²) in [7, 11) is 2.02. The van der Waals surface area contributed by atoms with Gasteiger partial charge in [0.05, 0.1) is 6.54 Å². The lowest BCUT2D eigenvalue weighted by Gasteiger charge is -2.48. The van der Waals surface area contributed by atoms with Crippen molar-refractivity contribution in [1.29, 1.82) is 0 Å². The monoisotopic (exact) mass is 331 g/mol. The molecular formula is C18H29N5O. The number of imidazole rings is 1. The van der Waals surface area contributed by atoms with Gasteiger partial charge in [0.2, 0.25) is 5.91 Å². The summed E-state index contributed by atoms with van der Waals surface area (Å²) in [6.45, 7) is 13.1. The molecule has 24 heavy (non-hydrogen) atoms. The minimum atomic E-state index is -0.401. The Kier molecular flexibility index (Phi) is 4.78. The van der Waals surface area contributed by atoms with Crippen LogP contribution in [0.25, 0.3) is 0 Å². The fraction of sp³-hybridized carbons (Fsp3) is 0.667. The van der Waals surface area contributed by atoms with E-state index >= 15 is 0 Å². The summed E-state index contributed by atoms with van der Waals surface area (Å²) < 4.78 is 2.05. The van der Waals surface area contributed by atoms with Gasteiger partial charge in [0.1, 0.15) is 11.4 Å². The number of hydrogen-bond donors (Lipinski definition) is 0. The molecule has 2 saturated heterocycles. The number of carbonyl (C=O) groups excluding carboxylic acids is 1. The van der Waals surface area contributed by atoms with Crippen LogP contribution in [0.3, 0.4) is 0 Å². The standard InChI is InChI=1S/C18H29N5O/c1-5-8-22-11-12-23(15(2)3)17(24)18(22)6-9-21(14-18)13-16-19-7-10-20(16)4/h5,7,10,15H,1,6,8-9,11-14H2,2-4H3/t18-/m1/s1. The maximum Gasteiger partial charge on any atom is 0.244 e. The van der Waals surface area contributed by atoms with Gasteiger partial charge in [0.15, 0.2) is 0 Å². The quantitative estimate of drug-likeness (QED) is 0.758. The average molecular weight is 331 g/mol. The van der Waals surface area contributed by atoms with E-state index < -0.39 is 5.54 Å². The maximum absolute atomic E-state index is 13.3. The van der Waals surface area contributed by atoms with Gasteiger partial charge in [-0.25, -0.2) is 4.98 Å². The van der Waals surface area contributed by atoms with Crippen LogP contribution in [-0.4, -0.2) is 74.5 Å². The van der Waals surface area contributed by atoms with Crippen LogP contribution in [0.2, 0.25) is 0 Å². The van der Waals surface area contributed by atoms with Crippen LogP contribution in [0.4, 0.5) is 0 Å². The van der Waals surface area contributed by atoms with Gasteiger partial charge in [-0.1, -0.05) is 6.08 Å². The summed E-state index contributed by atoms with van der Waals surface area (Å²) in [6, 6.07) is 0.254. The van der Waals surface area contributed by atoms with Crippen LogP contribution in [0, 0.1) is 0 Å². The van der Waals surface area contributed by atoms with Gasteiger partial charge in [-0.15, -0.1) is 6.58 Å². The number of aryl methyl sites for hydroxylation is 1. The normalized spacial score (nSPS) is 26.0. The van der Waals surface area contributed by atoms with Crippen LogP contribution < -0.4 is 0 Å². The Morgan fingerprint density at radius 2 is 2.17 bits per heavy atom. The van der Waals surface area contributed by atoms with E-state index in [0.29, 0.717) is 0 Å². The number of hydrogen-bond acceptors (Lipinski definition) is 4. The van der Waals surface area contributed by atoms with Gasteiger partial charge >= 0.3 is 0 Å². The van der Waals surface area contributed by atoms with Crippen LogP contribution in [-0.2, 0) is 18.4 Å². The topological polar surface area (TPSA) is 44.6 Å². The fourth-order valence-electron chi connectivity index (χ4n) is 4.05. The summed E-state index contributed by atoms with van der Waals surface area (Å²) in [4.78, 5) is 24.5. The molecule has 0 N–H and O–H groups in total. The Bertz CT molecular complexity index is 610. The first-order valence-corrected chi connectivity index (χ1v) is 8.83. The predicted octanol–water partition coefficient (Wildman–Crippen LogP) is 1.10. The molecule has 2 aliphatic rings. The van der Waals surface area contributed by atoms with E-state index in [4.69, 9.17) is 0 Å². The van der Waals surface area contributed by atoms with E-state index in [1.165, 1.54) is 0 Å². The van der Waals surface area contributed by atoms with Crippen LogP contribution in [0.5, 0.6) is 0 Å². The van der Waals surface area contributed by atoms with Crippen molar-refractivity contribution >= 4 is 5.91 Å². The molecule has 2 fully saturated rings. The zero-order valence-corrected chi connectivity index (χ0v) is 15.1. The van der Waals surface area contributed by atoms with Crippen molar-refractivity contribution in [3.8, 4) is 0 Å². The van der Waals surface area contributed by atoms with Gasteiger partial charge in [-0.2, -0.15) is 0 Å². The van der Waals surface area contributed by atoms with E-state index in [2.05, 4.69) is 39.8 Å². The van der Waals surface area contributed by atoms with Crippen molar-refractivity contribution in [2.24, 2.45) is 7.05 Å². The molecule has 1 amide bonds. The smallest absolute Gasteiger partial charge is 0.244 e. The summed E-state index contributed by atoms with van der Waals surface area (Å²) in [6.07, 6.45) is 6.60. The molecule has 2 aliphatic heterocycles. The molecule has 0 saturated carbocycles. The molecule has 6 heteroatoms. The van der Waals surface area contributed by atoms with Crippen LogP contribution in [0.15, 0.2) is 25.0 Å². The molecule has 3 heterocycles. The molecule has 1 atom stereocenters. The molecular weight excluding hydrogens is 302 g/mol. The minimum absolute atomic E-state index is 0.254. The van der Waals surface area contributed by atoms with Crippen LogP contribution >= 0.6 is 0 Å². The highest BCUT2D eigenvalue weighted by Gasteiger charge is 2.53. The van der Waals surface area contributed by atoms with Gasteiger partial charge in [-0.3, -0.25) is 14.6 Å². The second-order valence-corrected chi connectivity index (χ2v) is 7.27. The molecule has 0 unspecified atom stereocenters. The number of carbonyl (C=O) groups is 1. The molecule has 1 aromatic rings. The van der Waals surface area contributed by atoms with Gasteiger partial charge < -0.3 is 9.47 Å². The summed E-state index contributed by atoms with van der Waals surface area (Å²) >= 11 is 0. The highest BCUT2D eigenvalue weighted by Crippen LogP contribution is 2.34. The predicted molar refractivity (Wildman–Crippen MR) is 94.5 cm³/mol. The number of likely N-dealkylation sites (tertiary alicyclic amines) is 1. The average Bonchev–Trinajstić information content (AvgIpc) is 3.13. The van der Waals surface area contributed by atoms with Gasteiger partial charge in [-0.05, 0) is 20.3 Å². The second-order valence-electron chi connectivity index (χ2n) is 7.27. The maximum atomic E-state index is 13.3. The van der Waals surface area contributed by atoms with Crippen molar-refractivity contribution in [3.63, 3.8) is 0 Å². The number of piperazine rings is 1. The Hall–Kier alpha value is -1.66. The first kappa shape index (κ1) is 17.2. The van der Waals surface area contributed by atoms with Crippen molar-refractivity contribution in [2.75, 3.05) is 32.7 Å². The van der Waals surface area contributed by atoms with E-state index in [0.717, 1.165) is 51.5 Å². The largest absolute Gasteiger partial charge is 0.337 e. The lowest BCUT2D eigenvalue weighted by molar-refractivity contribution is -0.152. The Morgan fingerprint density at radius 1 is 1.38 bits per heavy atom. The SMILES string of the molecule is C=CCN1CCN(C(C)C)C(=O)[C@]12CCN(Cc1nccn1C)C2. The van der Waals surface area contributed by atoms with Crippen molar-refractivity contribution < 1.29 is 4.79 Å². The highest BCUT2D eigenvalue weighted by atomic mass is 16.2. The molecule has 132 valence electrons. The molecule has 0 aliphatic carbocycles. The molecule has 6 nitrogen and oxygen atoms in total. The second kappa shape index (κ2) is 6.69. The summed E-state index contributed by atoms with van der Waals surface area (Å²) in [5.41, 5.74) is -0.401. The van der Waals surface area contributed by atoms with E-state index in [-0.39, 0.29) is 11.9 Å². The van der Waals surface area contributed by atoms with Crippen LogP contribution in [0.1, 0.15) is 26.1 Å². The first-order chi connectivity index (χ1) is 11.5. The molecule has 1 spiro atoms. The third-order valence-corrected chi connectivity index (χ3v) is 5.46. The Balaban J connectivity index is 1.80. The summed E-state index contributed by atoms with van der Waals surface area (Å²) in [5, 5.41) is 0. The lowest BCUT2D eigenvalue weighted by Crippen LogP contribution is -2.68. The molecule has 1 aromatic heterocycles. The molecule has 0 aromatic carbocycles. The zero-order valence-electron chi connectivity index (χ0n) is 15.1. The van der Waals surface area contributed by atoms with Crippen molar-refractivity contribution in [3.05, 3.63) is 30.9 Å². The van der Waals surface area contributed by atoms with Crippen molar-refractivity contribution in [2.45, 2.75) is 38.4 Å². The third kappa shape index (κ3) is 2.89. The first-order valence-electron chi connectivity index (χ1n) is 8.83. The van der Waals surface area contributed by atoms with E-state index in [9.17, 15) is 4.79 Å². The van der Waals surface area contributed by atoms with Gasteiger partial charge in [0, 0.05) is 58.2 Å². The third-order valence-electron chi connectivity index (χ3n) is 5.46. The molecule has 3 rings (SSSR count). The number of aromatic nitrogens is 2. The Labute approximate surface area is 144 Å². The minimum Gasteiger partial charge on any atom is -0.337 e. The number of rotatable bonds is 5.